The summed E-state index contributed by atoms with van der Waals surface area (Å²) >= 11 is 5.26. The molecule has 3 unspecified atom stereocenters. The molecule has 2 aliphatic rings. The summed E-state index contributed by atoms with van der Waals surface area (Å²) in [6.45, 7) is 1.52. The van der Waals surface area contributed by atoms with E-state index in [9.17, 15) is 20.2 Å². The van der Waals surface area contributed by atoms with Gasteiger partial charge in [0.2, 0.25) is 0 Å². The minimum atomic E-state index is -0.435. The number of fused-ring (bicyclic) bond motifs is 1. The van der Waals surface area contributed by atoms with Gasteiger partial charge in [-0.3, -0.25) is 20.2 Å². The molecule has 0 spiro atoms. The number of nitrogens with zero attached hydrogens (tertiary/aromatic N) is 4. The number of rotatable bonds is 4. The van der Waals surface area contributed by atoms with Gasteiger partial charge < -0.3 is 10.6 Å². The van der Waals surface area contributed by atoms with Crippen molar-refractivity contribution >= 4 is 40.5 Å². The number of hydrogen-bond donors (Lipinski definition) is 2. The van der Waals surface area contributed by atoms with Crippen LogP contribution < -0.4 is 10.6 Å². The van der Waals surface area contributed by atoms with E-state index in [0.29, 0.717) is 0 Å². The molecular weight excluding hydrogens is 432 g/mol. The van der Waals surface area contributed by atoms with Crippen LogP contribution in [-0.2, 0) is 0 Å². The maximum absolute atomic E-state index is 11.0. The van der Waals surface area contributed by atoms with Crippen molar-refractivity contribution in [2.45, 2.75) is 6.04 Å². The van der Waals surface area contributed by atoms with Crippen LogP contribution in [0.25, 0.3) is 6.08 Å². The molecule has 2 aromatic carbocycles. The summed E-state index contributed by atoms with van der Waals surface area (Å²) in [6, 6.07) is 12.5. The fourth-order valence-corrected chi connectivity index (χ4v) is 4.47. The van der Waals surface area contributed by atoms with Crippen LogP contribution >= 0.6 is 12.2 Å². The third kappa shape index (κ3) is 4.07. The van der Waals surface area contributed by atoms with Gasteiger partial charge in [-0.25, -0.2) is 5.01 Å². The summed E-state index contributed by atoms with van der Waals surface area (Å²) in [5.74, 6) is -0.0176. The Morgan fingerprint density at radius 1 is 1.12 bits per heavy atom. The van der Waals surface area contributed by atoms with Crippen LogP contribution in [0.5, 0.6) is 0 Å². The van der Waals surface area contributed by atoms with Crippen molar-refractivity contribution in [2.75, 3.05) is 20.1 Å². The number of hydrogen-bond acceptors (Lipinski definition) is 6. The second kappa shape index (κ2) is 8.44. The minimum absolute atomic E-state index is 0.0138. The SMILES string of the molecule is C[NH+]1C/C(=C/c2ccc([N+](=O)[O-])cc2)C2=NN(C(N)=S)C(c3ccc([N+](=O)[O-])cc3)C2C1. The van der Waals surface area contributed by atoms with E-state index >= 15 is 0 Å². The van der Waals surface area contributed by atoms with E-state index in [0.717, 1.165) is 35.5 Å². The van der Waals surface area contributed by atoms with Crippen LogP contribution in [0.4, 0.5) is 11.4 Å². The number of nitro groups is 2. The van der Waals surface area contributed by atoms with Gasteiger partial charge in [0.25, 0.3) is 11.4 Å². The molecule has 10 nitrogen and oxygen atoms in total. The highest BCUT2D eigenvalue weighted by molar-refractivity contribution is 7.80. The second-order valence-electron chi connectivity index (χ2n) is 7.92. The second-order valence-corrected chi connectivity index (χ2v) is 8.34. The molecule has 0 bridgehead atoms. The third-order valence-electron chi connectivity index (χ3n) is 5.72. The van der Waals surface area contributed by atoms with E-state index in [-0.39, 0.29) is 28.4 Å². The van der Waals surface area contributed by atoms with E-state index in [1.807, 2.05) is 6.08 Å². The number of piperidine rings is 1. The highest BCUT2D eigenvalue weighted by atomic mass is 32.1. The van der Waals surface area contributed by atoms with Gasteiger partial charge in [-0.2, -0.15) is 5.10 Å². The molecule has 4 rings (SSSR count). The van der Waals surface area contributed by atoms with E-state index in [2.05, 4.69) is 7.05 Å². The number of non-ortho nitro benzene ring substituents is 2. The highest BCUT2D eigenvalue weighted by Crippen LogP contribution is 2.38. The first-order valence-electron chi connectivity index (χ1n) is 9.93. The fourth-order valence-electron chi connectivity index (χ4n) is 4.32. The molecule has 1 fully saturated rings. The number of likely N-dealkylation sites (tertiary alicyclic amines) is 1. The lowest BCUT2D eigenvalue weighted by molar-refractivity contribution is -0.878. The van der Waals surface area contributed by atoms with Crippen LogP contribution in [-0.4, -0.2) is 45.8 Å². The van der Waals surface area contributed by atoms with Crippen LogP contribution in [0.2, 0.25) is 0 Å². The standard InChI is InChI=1S/C21H20N6O4S/c1-24-11-15(10-13-2-6-16(7-3-13)26(28)29)19-18(12-24)20(25(23-19)21(22)32)14-4-8-17(9-5-14)27(30)31/h2-10,18,20H,11-12H2,1H3,(H2,22,32)/p+1/b15-10-. The van der Waals surface area contributed by atoms with Gasteiger partial charge in [0.15, 0.2) is 5.11 Å². The van der Waals surface area contributed by atoms with E-state index < -0.39 is 9.85 Å². The summed E-state index contributed by atoms with van der Waals surface area (Å²) in [4.78, 5) is 22.4. The van der Waals surface area contributed by atoms with Crippen molar-refractivity contribution in [3.63, 3.8) is 0 Å². The van der Waals surface area contributed by atoms with Gasteiger partial charge in [0, 0.05) is 29.8 Å². The maximum atomic E-state index is 11.0. The summed E-state index contributed by atoms with van der Waals surface area (Å²) in [5.41, 5.74) is 9.58. The Bertz CT molecular complexity index is 1150. The Morgan fingerprint density at radius 2 is 1.69 bits per heavy atom. The average Bonchev–Trinajstić information content (AvgIpc) is 3.14. The monoisotopic (exact) mass is 453 g/mol. The van der Waals surface area contributed by atoms with Gasteiger partial charge >= 0.3 is 0 Å². The third-order valence-corrected chi connectivity index (χ3v) is 5.90. The van der Waals surface area contributed by atoms with E-state index in [1.165, 1.54) is 29.2 Å². The number of thiocarbonyl (C=S) groups is 1. The molecule has 0 saturated carbocycles. The largest absolute Gasteiger partial charge is 0.375 e. The predicted octanol–water partition coefficient (Wildman–Crippen LogP) is 1.69. The van der Waals surface area contributed by atoms with Gasteiger partial charge in [-0.1, -0.05) is 12.1 Å². The molecule has 1 saturated heterocycles. The molecule has 32 heavy (non-hydrogen) atoms. The highest BCUT2D eigenvalue weighted by Gasteiger charge is 2.45. The number of likely N-dealkylation sites (N-methyl/N-ethyl adjacent to an activating group) is 1. The Hall–Kier alpha value is -3.70. The zero-order valence-electron chi connectivity index (χ0n) is 17.2. The normalized spacial score (nSPS) is 23.5. The van der Waals surface area contributed by atoms with Crippen molar-refractivity contribution in [3.8, 4) is 0 Å². The van der Waals surface area contributed by atoms with Crippen LogP contribution in [0.3, 0.4) is 0 Å². The first-order valence-corrected chi connectivity index (χ1v) is 10.3. The van der Waals surface area contributed by atoms with Crippen LogP contribution in [0.1, 0.15) is 17.2 Å². The minimum Gasteiger partial charge on any atom is -0.375 e. The van der Waals surface area contributed by atoms with Gasteiger partial charge in [-0.15, -0.1) is 0 Å². The first-order chi connectivity index (χ1) is 15.2. The molecule has 0 amide bonds. The smallest absolute Gasteiger partial charge is 0.269 e. The number of nitrogens with two attached hydrogens (primary N) is 1. The van der Waals surface area contributed by atoms with Gasteiger partial charge in [0.05, 0.1) is 41.1 Å². The lowest BCUT2D eigenvalue weighted by Gasteiger charge is -2.32. The molecule has 0 aromatic heterocycles. The molecule has 2 heterocycles. The topological polar surface area (TPSA) is 132 Å². The number of hydrazone groups is 1. The van der Waals surface area contributed by atoms with Crippen molar-refractivity contribution in [2.24, 2.45) is 16.8 Å². The Morgan fingerprint density at radius 3 is 2.22 bits per heavy atom. The zero-order valence-corrected chi connectivity index (χ0v) is 18.0. The molecule has 3 atom stereocenters. The molecule has 2 aliphatic heterocycles. The predicted molar refractivity (Wildman–Crippen MR) is 123 cm³/mol. The Labute approximate surface area is 188 Å². The van der Waals surface area contributed by atoms with Crippen molar-refractivity contribution < 1.29 is 14.7 Å². The van der Waals surface area contributed by atoms with Crippen LogP contribution in [0, 0.1) is 26.1 Å². The summed E-state index contributed by atoms with van der Waals surface area (Å²) < 4.78 is 0. The van der Waals surface area contributed by atoms with Crippen molar-refractivity contribution in [1.82, 2.24) is 5.01 Å². The molecule has 3 N–H and O–H groups in total. The maximum Gasteiger partial charge on any atom is 0.269 e. The summed E-state index contributed by atoms with van der Waals surface area (Å²) in [7, 11) is 2.08. The molecule has 11 heteroatoms. The first kappa shape index (κ1) is 21.5. The van der Waals surface area contributed by atoms with E-state index in [1.54, 1.807) is 29.3 Å². The van der Waals surface area contributed by atoms with E-state index in [4.69, 9.17) is 23.1 Å². The number of benzene rings is 2. The molecule has 0 radical (unpaired) electrons. The molecular formula is C21H21N6O4S+. The zero-order chi connectivity index (χ0) is 23.0. The van der Waals surface area contributed by atoms with Gasteiger partial charge in [-0.05, 0) is 41.6 Å². The van der Waals surface area contributed by atoms with Crippen molar-refractivity contribution in [1.29, 1.82) is 0 Å². The average molecular weight is 454 g/mol. The van der Waals surface area contributed by atoms with Crippen molar-refractivity contribution in [3.05, 3.63) is 85.5 Å². The number of quaternary nitrogens is 1. The number of nitro benzene ring substituents is 2. The molecule has 2 aromatic rings. The fraction of sp³-hybridized carbons (Fsp3) is 0.238. The number of nitrogens with one attached hydrogen (secondary N) is 1. The Balaban J connectivity index is 1.71. The van der Waals surface area contributed by atoms with Crippen LogP contribution in [0.15, 0.2) is 59.2 Å². The summed E-state index contributed by atoms with van der Waals surface area (Å²) in [6.07, 6.45) is 1.98. The lowest BCUT2D eigenvalue weighted by atomic mass is 9.83. The molecule has 0 aliphatic carbocycles. The lowest BCUT2D eigenvalue weighted by Crippen LogP contribution is -3.11. The Kier molecular flexibility index (Phi) is 5.68. The summed E-state index contributed by atoms with van der Waals surface area (Å²) in [5, 5.41) is 28.4. The molecule has 164 valence electrons. The van der Waals surface area contributed by atoms with Gasteiger partial charge in [0.1, 0.15) is 6.54 Å². The quantitative estimate of drug-likeness (QED) is 0.409.